The van der Waals surface area contributed by atoms with Crippen molar-refractivity contribution in [3.8, 4) is 0 Å². The molecule has 3 N–H and O–H groups in total. The lowest BCUT2D eigenvalue weighted by Crippen LogP contribution is -2.45. The number of nitrogens with one attached hydrogen (secondary N) is 2. The highest BCUT2D eigenvalue weighted by Gasteiger charge is 2.22. The third-order valence-corrected chi connectivity index (χ3v) is 2.84. The number of carbonyl (C=O) groups is 1. The van der Waals surface area contributed by atoms with Gasteiger partial charge in [0.2, 0.25) is 0 Å². The lowest BCUT2D eigenvalue weighted by Gasteiger charge is -2.13. The molecule has 0 aromatic rings. The van der Waals surface area contributed by atoms with E-state index in [4.69, 9.17) is 9.84 Å². The highest BCUT2D eigenvalue weighted by atomic mass is 32.2. The van der Waals surface area contributed by atoms with E-state index < -0.39 is 22.2 Å². The van der Waals surface area contributed by atoms with E-state index in [2.05, 4.69) is 0 Å². The molecular weight excluding hydrogens is 224 g/mol. The number of aliphatic carboxylic acids is 1. The molecule has 8 heteroatoms. The van der Waals surface area contributed by atoms with Crippen LogP contribution >= 0.6 is 0 Å². The lowest BCUT2D eigenvalue weighted by atomic mass is 10.2. The maximum absolute atomic E-state index is 11.0. The van der Waals surface area contributed by atoms with Crippen molar-refractivity contribution in [3.63, 3.8) is 0 Å². The molecule has 0 amide bonds. The van der Waals surface area contributed by atoms with Gasteiger partial charge in [-0.2, -0.15) is 13.1 Å². The van der Waals surface area contributed by atoms with Crippen LogP contribution in [-0.4, -0.2) is 46.3 Å². The third kappa shape index (κ3) is 6.39. The molecule has 0 rings (SSSR count). The van der Waals surface area contributed by atoms with Gasteiger partial charge in [0.25, 0.3) is 10.2 Å². The van der Waals surface area contributed by atoms with Crippen LogP contribution in [0.5, 0.6) is 0 Å². The van der Waals surface area contributed by atoms with Crippen LogP contribution in [0, 0.1) is 0 Å². The molecular formula is C7H16N2O5S. The van der Waals surface area contributed by atoms with E-state index in [1.165, 1.54) is 14.2 Å². The molecule has 0 saturated heterocycles. The normalized spacial score (nSPS) is 13.7. The van der Waals surface area contributed by atoms with Gasteiger partial charge in [-0.15, -0.1) is 0 Å². The smallest absolute Gasteiger partial charge is 0.321 e. The monoisotopic (exact) mass is 240 g/mol. The van der Waals surface area contributed by atoms with Crippen LogP contribution in [0.1, 0.15) is 12.8 Å². The van der Waals surface area contributed by atoms with Gasteiger partial charge in [0, 0.05) is 20.8 Å². The number of methoxy groups -OCH3 is 1. The predicted octanol–water partition coefficient (Wildman–Crippen LogP) is -1.08. The molecule has 7 nitrogen and oxygen atoms in total. The molecule has 1 unspecified atom stereocenters. The fraction of sp³-hybridized carbons (Fsp3) is 0.857. The minimum atomic E-state index is -3.72. The minimum absolute atomic E-state index is 0.185. The Morgan fingerprint density at radius 3 is 2.53 bits per heavy atom. The Hall–Kier alpha value is -0.700. The van der Waals surface area contributed by atoms with Crippen LogP contribution in [-0.2, 0) is 19.7 Å². The Morgan fingerprint density at radius 2 is 2.13 bits per heavy atom. The zero-order valence-electron chi connectivity index (χ0n) is 8.69. The van der Waals surface area contributed by atoms with Crippen LogP contribution in [0.25, 0.3) is 0 Å². The molecule has 0 aromatic carbocycles. The van der Waals surface area contributed by atoms with E-state index in [1.54, 1.807) is 0 Å². The Balaban J connectivity index is 4.23. The summed E-state index contributed by atoms with van der Waals surface area (Å²) in [5.41, 5.74) is 0. The van der Waals surface area contributed by atoms with Crippen molar-refractivity contribution in [2.24, 2.45) is 0 Å². The number of hydrogen-bond donors (Lipinski definition) is 3. The van der Waals surface area contributed by atoms with Crippen molar-refractivity contribution in [2.75, 3.05) is 20.8 Å². The van der Waals surface area contributed by atoms with E-state index in [0.717, 1.165) is 0 Å². The molecule has 15 heavy (non-hydrogen) atoms. The standard InChI is InChI=1S/C7H16N2O5S/c1-8-15(12,13)9-6(7(10)11)4-3-5-14-2/h6,8-9H,3-5H2,1-2H3,(H,10,11). The summed E-state index contributed by atoms with van der Waals surface area (Å²) in [6, 6.07) is -1.13. The van der Waals surface area contributed by atoms with Gasteiger partial charge in [0.05, 0.1) is 0 Å². The SMILES string of the molecule is CNS(=O)(=O)NC(CCCOC)C(=O)O. The average Bonchev–Trinajstić information content (AvgIpc) is 2.16. The Labute approximate surface area is 89.0 Å². The summed E-state index contributed by atoms with van der Waals surface area (Å²) in [7, 11) is -1.02. The van der Waals surface area contributed by atoms with Crippen LogP contribution in [0.4, 0.5) is 0 Å². The number of ether oxygens (including phenoxy) is 1. The molecule has 0 aliphatic heterocycles. The highest BCUT2D eigenvalue weighted by molar-refractivity contribution is 7.87. The van der Waals surface area contributed by atoms with Crippen molar-refractivity contribution in [1.82, 2.24) is 9.44 Å². The quantitative estimate of drug-likeness (QED) is 0.468. The maximum atomic E-state index is 11.0. The first-order valence-electron chi connectivity index (χ1n) is 4.35. The van der Waals surface area contributed by atoms with E-state index in [9.17, 15) is 13.2 Å². The first-order chi connectivity index (χ1) is 6.93. The first kappa shape index (κ1) is 14.3. The molecule has 0 saturated carbocycles. The van der Waals surface area contributed by atoms with Gasteiger partial charge in [-0.25, -0.2) is 4.72 Å². The maximum Gasteiger partial charge on any atom is 0.321 e. The van der Waals surface area contributed by atoms with Crippen molar-refractivity contribution in [3.05, 3.63) is 0 Å². The molecule has 0 bridgehead atoms. The molecule has 0 aliphatic rings. The molecule has 0 heterocycles. The van der Waals surface area contributed by atoms with Crippen molar-refractivity contribution in [1.29, 1.82) is 0 Å². The largest absolute Gasteiger partial charge is 0.480 e. The van der Waals surface area contributed by atoms with Crippen LogP contribution < -0.4 is 9.44 Å². The minimum Gasteiger partial charge on any atom is -0.480 e. The Kier molecular flexibility index (Phi) is 6.41. The summed E-state index contributed by atoms with van der Waals surface area (Å²) in [6.07, 6.45) is 0.657. The van der Waals surface area contributed by atoms with Gasteiger partial charge in [-0.3, -0.25) is 4.79 Å². The predicted molar refractivity (Wildman–Crippen MR) is 53.6 cm³/mol. The highest BCUT2D eigenvalue weighted by Crippen LogP contribution is 1.99. The lowest BCUT2D eigenvalue weighted by molar-refractivity contribution is -0.139. The van der Waals surface area contributed by atoms with Crippen LogP contribution in [0.3, 0.4) is 0 Å². The molecule has 0 aliphatic carbocycles. The van der Waals surface area contributed by atoms with Gasteiger partial charge in [-0.05, 0) is 12.8 Å². The van der Waals surface area contributed by atoms with Crippen molar-refractivity contribution in [2.45, 2.75) is 18.9 Å². The fourth-order valence-corrected chi connectivity index (χ4v) is 1.62. The summed E-state index contributed by atoms with van der Waals surface area (Å²) in [5.74, 6) is -1.20. The molecule has 0 radical (unpaired) electrons. The zero-order valence-corrected chi connectivity index (χ0v) is 9.50. The van der Waals surface area contributed by atoms with Crippen LogP contribution in [0.2, 0.25) is 0 Å². The summed E-state index contributed by atoms with van der Waals surface area (Å²) in [5, 5.41) is 8.74. The second-order valence-corrected chi connectivity index (χ2v) is 4.50. The number of hydrogen-bond acceptors (Lipinski definition) is 4. The first-order valence-corrected chi connectivity index (χ1v) is 5.83. The summed E-state index contributed by atoms with van der Waals surface area (Å²) >= 11 is 0. The molecule has 1 atom stereocenters. The Bertz CT molecular complexity index is 290. The van der Waals surface area contributed by atoms with E-state index in [1.807, 2.05) is 9.44 Å². The van der Waals surface area contributed by atoms with Gasteiger partial charge in [-0.1, -0.05) is 0 Å². The Morgan fingerprint density at radius 1 is 1.53 bits per heavy atom. The molecule has 0 fully saturated rings. The molecule has 90 valence electrons. The number of carboxylic acids is 1. The van der Waals surface area contributed by atoms with Crippen molar-refractivity contribution < 1.29 is 23.1 Å². The second-order valence-electron chi connectivity index (χ2n) is 2.85. The summed E-state index contributed by atoms with van der Waals surface area (Å²) < 4.78 is 30.8. The van der Waals surface area contributed by atoms with E-state index >= 15 is 0 Å². The number of carboxylic acid groups (broad SMARTS) is 1. The fourth-order valence-electron chi connectivity index (χ4n) is 0.911. The van der Waals surface area contributed by atoms with Gasteiger partial charge in [0.1, 0.15) is 6.04 Å². The second kappa shape index (κ2) is 6.72. The summed E-state index contributed by atoms with van der Waals surface area (Å²) in [4.78, 5) is 10.7. The number of rotatable bonds is 8. The molecule has 0 spiro atoms. The van der Waals surface area contributed by atoms with E-state index in [-0.39, 0.29) is 6.42 Å². The van der Waals surface area contributed by atoms with Gasteiger partial charge >= 0.3 is 5.97 Å². The molecule has 0 aromatic heterocycles. The van der Waals surface area contributed by atoms with Gasteiger partial charge in [0.15, 0.2) is 0 Å². The third-order valence-electron chi connectivity index (χ3n) is 1.71. The summed E-state index contributed by atoms with van der Waals surface area (Å²) in [6.45, 7) is 0.394. The van der Waals surface area contributed by atoms with Crippen LogP contribution in [0.15, 0.2) is 0 Å². The van der Waals surface area contributed by atoms with E-state index in [0.29, 0.717) is 13.0 Å². The van der Waals surface area contributed by atoms with Gasteiger partial charge < -0.3 is 9.84 Å². The zero-order chi connectivity index (χ0) is 11.9. The van der Waals surface area contributed by atoms with Crippen molar-refractivity contribution >= 4 is 16.2 Å². The topological polar surface area (TPSA) is 105 Å². The average molecular weight is 240 g/mol.